The Bertz CT molecular complexity index is 1130. The zero-order valence-electron chi connectivity index (χ0n) is 17.5. The van der Waals surface area contributed by atoms with E-state index < -0.39 is 0 Å². The number of hydrogen-bond donors (Lipinski definition) is 2. The number of nitrogens with zero attached hydrogens (tertiary/aromatic N) is 4. The molecule has 2 aliphatic heterocycles. The number of H-pyrrole nitrogens is 1. The van der Waals surface area contributed by atoms with Gasteiger partial charge in [-0.3, -0.25) is 14.3 Å². The lowest BCUT2D eigenvalue weighted by molar-refractivity contribution is 0.00118. The van der Waals surface area contributed by atoms with Gasteiger partial charge in [0.1, 0.15) is 5.82 Å². The summed E-state index contributed by atoms with van der Waals surface area (Å²) < 4.78 is 1.91. The number of likely N-dealkylation sites (tertiary alicyclic amines) is 2. The summed E-state index contributed by atoms with van der Waals surface area (Å²) in [6.45, 7) is 2.49. The number of anilines is 1. The minimum atomic E-state index is -0.0371. The molecule has 3 aromatic rings. The lowest BCUT2D eigenvalue weighted by Gasteiger charge is -2.45. The van der Waals surface area contributed by atoms with E-state index in [1.54, 1.807) is 18.3 Å². The fraction of sp³-hybridized carbons (Fsp3) is 0.435. The molecule has 2 saturated heterocycles. The van der Waals surface area contributed by atoms with Gasteiger partial charge in [0, 0.05) is 31.9 Å². The van der Waals surface area contributed by atoms with Crippen molar-refractivity contribution >= 4 is 22.8 Å². The van der Waals surface area contributed by atoms with Crippen molar-refractivity contribution in [2.45, 2.75) is 44.3 Å². The van der Waals surface area contributed by atoms with Gasteiger partial charge < -0.3 is 15.6 Å². The molecule has 0 bridgehead atoms. The molecule has 0 spiro atoms. The van der Waals surface area contributed by atoms with Crippen molar-refractivity contribution in [1.29, 1.82) is 0 Å². The first-order chi connectivity index (χ1) is 15.1. The number of amides is 1. The van der Waals surface area contributed by atoms with E-state index in [1.165, 1.54) is 0 Å². The second-order valence-electron chi connectivity index (χ2n) is 8.53. The van der Waals surface area contributed by atoms with Gasteiger partial charge >= 0.3 is 5.69 Å². The number of imidazole rings is 1. The minimum absolute atomic E-state index is 0.0205. The third kappa shape index (κ3) is 3.72. The number of fused-ring (bicyclic) bond motifs is 1. The zero-order valence-corrected chi connectivity index (χ0v) is 17.5. The van der Waals surface area contributed by atoms with Crippen LogP contribution in [0.1, 0.15) is 48.5 Å². The van der Waals surface area contributed by atoms with Crippen LogP contribution in [-0.2, 0) is 0 Å². The molecule has 8 nitrogen and oxygen atoms in total. The molecule has 1 aromatic carbocycles. The Balaban J connectivity index is 1.31. The number of hydrogen-bond acceptors (Lipinski definition) is 5. The fourth-order valence-electron chi connectivity index (χ4n) is 5.11. The maximum absolute atomic E-state index is 13.2. The molecule has 1 unspecified atom stereocenters. The Morgan fingerprint density at radius 2 is 1.84 bits per heavy atom. The van der Waals surface area contributed by atoms with E-state index in [-0.39, 0.29) is 23.8 Å². The summed E-state index contributed by atoms with van der Waals surface area (Å²) in [5.74, 6) is 0.438. The van der Waals surface area contributed by atoms with E-state index >= 15 is 0 Å². The van der Waals surface area contributed by atoms with Gasteiger partial charge in [-0.25, -0.2) is 9.78 Å². The van der Waals surface area contributed by atoms with Crippen LogP contribution in [0.2, 0.25) is 0 Å². The Morgan fingerprint density at radius 3 is 2.61 bits per heavy atom. The van der Waals surface area contributed by atoms with E-state index in [0.717, 1.165) is 62.8 Å². The van der Waals surface area contributed by atoms with Crippen LogP contribution < -0.4 is 11.4 Å². The summed E-state index contributed by atoms with van der Waals surface area (Å²) in [5.41, 5.74) is 8.08. The summed E-state index contributed by atoms with van der Waals surface area (Å²) >= 11 is 0. The number of piperidine rings is 2. The Labute approximate surface area is 180 Å². The number of nitrogen functional groups attached to an aromatic ring is 1. The minimum Gasteiger partial charge on any atom is -0.384 e. The predicted octanol–water partition coefficient (Wildman–Crippen LogP) is 2.60. The first kappa shape index (κ1) is 19.8. The lowest BCUT2D eigenvalue weighted by atomic mass is 9.99. The van der Waals surface area contributed by atoms with Crippen LogP contribution >= 0.6 is 0 Å². The van der Waals surface area contributed by atoms with Crippen LogP contribution in [-0.4, -0.2) is 56.0 Å². The second-order valence-corrected chi connectivity index (χ2v) is 8.53. The molecular weight excluding hydrogens is 392 g/mol. The van der Waals surface area contributed by atoms with Crippen LogP contribution in [0.25, 0.3) is 11.0 Å². The molecule has 5 rings (SSSR count). The monoisotopic (exact) mass is 420 g/mol. The number of benzene rings is 1. The number of nitrogens with one attached hydrogen (secondary N) is 1. The molecule has 1 amide bonds. The SMILES string of the molecule is Nc1ccc(C(=O)N2CCCCC2N2CCC(n3c(=O)[nH]c4ccccc43)CC2)cn1. The maximum atomic E-state index is 13.2. The molecule has 0 aliphatic carbocycles. The standard InChI is InChI=1S/C23H28N6O2/c24-20-9-8-16(15-25-20)22(30)28-12-4-3-7-21(28)27-13-10-17(11-14-27)29-19-6-2-1-5-18(19)26-23(29)31/h1-2,5-6,8-9,15,17,21H,3-4,7,10-14H2,(H2,24,25)(H,26,31). The first-order valence-electron chi connectivity index (χ1n) is 11.1. The van der Waals surface area contributed by atoms with Gasteiger partial charge in [0.2, 0.25) is 0 Å². The van der Waals surface area contributed by atoms with Gasteiger partial charge in [0.15, 0.2) is 0 Å². The molecule has 2 aromatic heterocycles. The third-order valence-electron chi connectivity index (χ3n) is 6.67. The highest BCUT2D eigenvalue weighted by Gasteiger charge is 2.34. The summed E-state index contributed by atoms with van der Waals surface area (Å²) in [5, 5.41) is 0. The Kier molecular flexibility index (Phi) is 5.23. The van der Waals surface area contributed by atoms with Crippen molar-refractivity contribution in [2.75, 3.05) is 25.4 Å². The second kappa shape index (κ2) is 8.19. The normalized spacial score (nSPS) is 20.9. The van der Waals surface area contributed by atoms with Crippen LogP contribution in [0.5, 0.6) is 0 Å². The van der Waals surface area contributed by atoms with Gasteiger partial charge in [-0.05, 0) is 56.4 Å². The number of carbonyl (C=O) groups is 1. The smallest absolute Gasteiger partial charge is 0.326 e. The topological polar surface area (TPSA) is 100 Å². The van der Waals surface area contributed by atoms with Crippen LogP contribution in [0, 0.1) is 0 Å². The largest absolute Gasteiger partial charge is 0.384 e. The fourth-order valence-corrected chi connectivity index (χ4v) is 5.11. The third-order valence-corrected chi connectivity index (χ3v) is 6.67. The van der Waals surface area contributed by atoms with E-state index in [2.05, 4.69) is 14.9 Å². The molecule has 31 heavy (non-hydrogen) atoms. The quantitative estimate of drug-likeness (QED) is 0.678. The first-order valence-corrected chi connectivity index (χ1v) is 11.1. The summed E-state index contributed by atoms with van der Waals surface area (Å²) in [7, 11) is 0. The number of carbonyl (C=O) groups excluding carboxylic acids is 1. The molecule has 8 heteroatoms. The van der Waals surface area contributed by atoms with Crippen molar-refractivity contribution in [3.8, 4) is 0 Å². The molecule has 4 heterocycles. The highest BCUT2D eigenvalue weighted by molar-refractivity contribution is 5.94. The van der Waals surface area contributed by atoms with Crippen molar-refractivity contribution in [1.82, 2.24) is 24.3 Å². The Hall–Kier alpha value is -3.13. The average molecular weight is 421 g/mol. The van der Waals surface area contributed by atoms with E-state index in [9.17, 15) is 9.59 Å². The molecule has 0 saturated carbocycles. The van der Waals surface area contributed by atoms with Crippen molar-refractivity contribution in [3.05, 3.63) is 58.6 Å². The van der Waals surface area contributed by atoms with Gasteiger partial charge in [-0.15, -0.1) is 0 Å². The molecule has 0 radical (unpaired) electrons. The lowest BCUT2D eigenvalue weighted by Crippen LogP contribution is -2.55. The van der Waals surface area contributed by atoms with Crippen LogP contribution in [0.4, 0.5) is 5.82 Å². The highest BCUT2D eigenvalue weighted by atomic mass is 16.2. The zero-order chi connectivity index (χ0) is 21.4. The number of para-hydroxylation sites is 2. The van der Waals surface area contributed by atoms with Gasteiger partial charge in [0.25, 0.3) is 5.91 Å². The summed E-state index contributed by atoms with van der Waals surface area (Å²) in [4.78, 5) is 37.2. The number of pyridine rings is 1. The number of aromatic nitrogens is 3. The van der Waals surface area contributed by atoms with Crippen molar-refractivity contribution < 1.29 is 4.79 Å². The Morgan fingerprint density at radius 1 is 1.03 bits per heavy atom. The number of nitrogens with two attached hydrogens (primary N) is 1. The molecule has 162 valence electrons. The number of aromatic amines is 1. The average Bonchev–Trinajstić information content (AvgIpc) is 3.15. The van der Waals surface area contributed by atoms with Gasteiger partial charge in [-0.1, -0.05) is 12.1 Å². The van der Waals surface area contributed by atoms with Crippen molar-refractivity contribution in [2.24, 2.45) is 0 Å². The maximum Gasteiger partial charge on any atom is 0.326 e. The molecule has 2 aliphatic rings. The van der Waals surface area contributed by atoms with E-state index in [0.29, 0.717) is 11.4 Å². The molecular formula is C23H28N6O2. The van der Waals surface area contributed by atoms with E-state index in [4.69, 9.17) is 5.73 Å². The summed E-state index contributed by atoms with van der Waals surface area (Å²) in [6.07, 6.45) is 6.57. The molecule has 1 atom stereocenters. The summed E-state index contributed by atoms with van der Waals surface area (Å²) in [6, 6.07) is 11.5. The highest BCUT2D eigenvalue weighted by Crippen LogP contribution is 2.30. The van der Waals surface area contributed by atoms with E-state index in [1.807, 2.05) is 33.7 Å². The van der Waals surface area contributed by atoms with Crippen LogP contribution in [0.3, 0.4) is 0 Å². The number of rotatable bonds is 3. The van der Waals surface area contributed by atoms with Crippen molar-refractivity contribution in [3.63, 3.8) is 0 Å². The van der Waals surface area contributed by atoms with Crippen LogP contribution in [0.15, 0.2) is 47.4 Å². The predicted molar refractivity (Wildman–Crippen MR) is 120 cm³/mol. The molecule has 3 N–H and O–H groups in total. The van der Waals surface area contributed by atoms with Gasteiger partial charge in [0.05, 0.1) is 22.8 Å². The van der Waals surface area contributed by atoms with Gasteiger partial charge in [-0.2, -0.15) is 0 Å². The molecule has 2 fully saturated rings.